The SMILES string of the molecule is O[C@H]1CCCN[C@@H]1CCCn1cnc2cc(F)cc(F)c21. The summed E-state index contributed by atoms with van der Waals surface area (Å²) in [5, 5.41) is 13.2. The quantitative estimate of drug-likeness (QED) is 0.909. The van der Waals surface area contributed by atoms with Crippen molar-refractivity contribution in [2.24, 2.45) is 0 Å². The molecule has 1 aromatic carbocycles. The van der Waals surface area contributed by atoms with Gasteiger partial charge in [0.05, 0.1) is 17.9 Å². The van der Waals surface area contributed by atoms with E-state index in [-0.39, 0.29) is 12.1 Å². The van der Waals surface area contributed by atoms with Crippen molar-refractivity contribution in [3.05, 3.63) is 30.1 Å². The average molecular weight is 295 g/mol. The van der Waals surface area contributed by atoms with Crippen molar-refractivity contribution < 1.29 is 13.9 Å². The maximum absolute atomic E-state index is 13.8. The van der Waals surface area contributed by atoms with Crippen LogP contribution in [-0.4, -0.2) is 33.3 Å². The minimum Gasteiger partial charge on any atom is -0.392 e. The summed E-state index contributed by atoms with van der Waals surface area (Å²) >= 11 is 0. The van der Waals surface area contributed by atoms with Crippen molar-refractivity contribution in [2.45, 2.75) is 44.4 Å². The van der Waals surface area contributed by atoms with Gasteiger partial charge in [-0.25, -0.2) is 13.8 Å². The highest BCUT2D eigenvalue weighted by Gasteiger charge is 2.21. The van der Waals surface area contributed by atoms with Gasteiger partial charge in [-0.1, -0.05) is 0 Å². The zero-order valence-corrected chi connectivity index (χ0v) is 11.7. The van der Waals surface area contributed by atoms with Crippen LogP contribution in [0.5, 0.6) is 0 Å². The first-order chi connectivity index (χ1) is 10.1. The lowest BCUT2D eigenvalue weighted by Crippen LogP contribution is -2.44. The standard InChI is InChI=1S/C15H19F2N3O/c16-10-7-11(17)15-13(8-10)19-9-20(15)6-2-3-12-14(21)4-1-5-18-12/h7-9,12,14,18,21H,1-6H2/t12-,14+/m1/s1. The molecular weight excluding hydrogens is 276 g/mol. The third kappa shape index (κ3) is 3.06. The van der Waals surface area contributed by atoms with Crippen molar-refractivity contribution in [2.75, 3.05) is 6.54 Å². The Hall–Kier alpha value is -1.53. The van der Waals surface area contributed by atoms with Crippen molar-refractivity contribution >= 4 is 11.0 Å². The van der Waals surface area contributed by atoms with Crippen LogP contribution in [-0.2, 0) is 6.54 Å². The van der Waals surface area contributed by atoms with Crippen LogP contribution in [0.3, 0.4) is 0 Å². The van der Waals surface area contributed by atoms with Gasteiger partial charge < -0.3 is 15.0 Å². The number of aliphatic hydroxyl groups is 1. The van der Waals surface area contributed by atoms with E-state index in [1.165, 1.54) is 12.4 Å². The second-order valence-electron chi connectivity index (χ2n) is 5.61. The van der Waals surface area contributed by atoms with Crippen LogP contribution in [0.15, 0.2) is 18.5 Å². The van der Waals surface area contributed by atoms with Gasteiger partial charge in [-0.05, 0) is 32.2 Å². The van der Waals surface area contributed by atoms with E-state index in [1.807, 2.05) is 0 Å². The van der Waals surface area contributed by atoms with Gasteiger partial charge in [0.2, 0.25) is 0 Å². The zero-order chi connectivity index (χ0) is 14.8. The van der Waals surface area contributed by atoms with Crippen LogP contribution >= 0.6 is 0 Å². The summed E-state index contributed by atoms with van der Waals surface area (Å²) < 4.78 is 28.7. The summed E-state index contributed by atoms with van der Waals surface area (Å²) in [5.74, 6) is -1.20. The molecule has 1 aromatic heterocycles. The lowest BCUT2D eigenvalue weighted by Gasteiger charge is -2.29. The molecule has 1 aliphatic rings. The van der Waals surface area contributed by atoms with Crippen molar-refractivity contribution in [3.63, 3.8) is 0 Å². The molecule has 21 heavy (non-hydrogen) atoms. The molecule has 3 rings (SSSR count). The van der Waals surface area contributed by atoms with E-state index < -0.39 is 11.6 Å². The van der Waals surface area contributed by atoms with Crippen LogP contribution in [0.4, 0.5) is 8.78 Å². The largest absolute Gasteiger partial charge is 0.392 e. The molecule has 0 amide bonds. The summed E-state index contributed by atoms with van der Waals surface area (Å²) in [6.45, 7) is 1.54. The van der Waals surface area contributed by atoms with Crippen LogP contribution in [0.2, 0.25) is 0 Å². The maximum Gasteiger partial charge on any atom is 0.152 e. The lowest BCUT2D eigenvalue weighted by atomic mass is 9.97. The predicted molar refractivity (Wildman–Crippen MR) is 75.9 cm³/mol. The monoisotopic (exact) mass is 295 g/mol. The van der Waals surface area contributed by atoms with E-state index in [4.69, 9.17) is 0 Å². The fraction of sp³-hybridized carbons (Fsp3) is 0.533. The normalized spacial score (nSPS) is 22.8. The fourth-order valence-electron chi connectivity index (χ4n) is 3.01. The van der Waals surface area contributed by atoms with E-state index in [2.05, 4.69) is 10.3 Å². The summed E-state index contributed by atoms with van der Waals surface area (Å²) in [4.78, 5) is 4.04. The summed E-state index contributed by atoms with van der Waals surface area (Å²) in [5.41, 5.74) is 0.678. The molecule has 2 atom stereocenters. The Morgan fingerprint density at radius 1 is 1.38 bits per heavy atom. The number of nitrogens with zero attached hydrogens (tertiary/aromatic N) is 2. The topological polar surface area (TPSA) is 50.1 Å². The Balaban J connectivity index is 1.65. The van der Waals surface area contributed by atoms with E-state index in [1.54, 1.807) is 4.57 Å². The second kappa shape index (κ2) is 6.07. The van der Waals surface area contributed by atoms with Gasteiger partial charge in [0.1, 0.15) is 11.3 Å². The predicted octanol–water partition coefficient (Wildman–Crippen LogP) is 2.21. The van der Waals surface area contributed by atoms with Crippen molar-refractivity contribution in [1.29, 1.82) is 0 Å². The van der Waals surface area contributed by atoms with Gasteiger partial charge in [0.25, 0.3) is 0 Å². The van der Waals surface area contributed by atoms with Gasteiger partial charge >= 0.3 is 0 Å². The first kappa shape index (κ1) is 14.4. The molecule has 0 spiro atoms. The number of fused-ring (bicyclic) bond motifs is 1. The summed E-state index contributed by atoms with van der Waals surface area (Å²) in [7, 11) is 0. The molecule has 2 heterocycles. The highest BCUT2D eigenvalue weighted by atomic mass is 19.1. The number of aromatic nitrogens is 2. The molecule has 6 heteroatoms. The van der Waals surface area contributed by atoms with Crippen molar-refractivity contribution in [1.82, 2.24) is 14.9 Å². The highest BCUT2D eigenvalue weighted by molar-refractivity contribution is 5.75. The van der Waals surface area contributed by atoms with Crippen LogP contribution in [0.25, 0.3) is 11.0 Å². The number of imidazole rings is 1. The summed E-state index contributed by atoms with van der Waals surface area (Å²) in [6.07, 6.45) is 4.70. The molecule has 2 N–H and O–H groups in total. The van der Waals surface area contributed by atoms with Crippen molar-refractivity contribution in [3.8, 4) is 0 Å². The van der Waals surface area contributed by atoms with E-state index in [0.717, 1.165) is 38.3 Å². The van der Waals surface area contributed by atoms with Crippen LogP contribution < -0.4 is 5.32 Å². The van der Waals surface area contributed by atoms with Gasteiger partial charge in [-0.3, -0.25) is 0 Å². The molecular formula is C15H19F2N3O. The van der Waals surface area contributed by atoms with E-state index >= 15 is 0 Å². The number of piperidine rings is 1. The molecule has 2 aromatic rings. The highest BCUT2D eigenvalue weighted by Crippen LogP contribution is 2.20. The number of benzene rings is 1. The van der Waals surface area contributed by atoms with Gasteiger partial charge in [0.15, 0.2) is 5.82 Å². The Kier molecular flexibility index (Phi) is 4.17. The molecule has 0 bridgehead atoms. The van der Waals surface area contributed by atoms with Gasteiger partial charge in [0, 0.05) is 24.7 Å². The zero-order valence-electron chi connectivity index (χ0n) is 11.7. The number of hydrogen-bond acceptors (Lipinski definition) is 3. The molecule has 1 fully saturated rings. The third-order valence-electron chi connectivity index (χ3n) is 4.09. The van der Waals surface area contributed by atoms with Gasteiger partial charge in [-0.2, -0.15) is 0 Å². The van der Waals surface area contributed by atoms with Crippen LogP contribution in [0, 0.1) is 11.6 Å². The number of aliphatic hydroxyl groups excluding tert-OH is 1. The molecule has 0 radical (unpaired) electrons. The first-order valence-corrected chi connectivity index (χ1v) is 7.36. The minimum absolute atomic E-state index is 0.107. The first-order valence-electron chi connectivity index (χ1n) is 7.36. The third-order valence-corrected chi connectivity index (χ3v) is 4.09. The Morgan fingerprint density at radius 3 is 3.05 bits per heavy atom. The lowest BCUT2D eigenvalue weighted by molar-refractivity contribution is 0.0909. The molecule has 1 saturated heterocycles. The number of hydrogen-bond donors (Lipinski definition) is 2. The molecule has 114 valence electrons. The molecule has 0 aliphatic carbocycles. The fourth-order valence-corrected chi connectivity index (χ4v) is 3.01. The number of rotatable bonds is 4. The van der Waals surface area contributed by atoms with E-state index in [0.29, 0.717) is 17.6 Å². The molecule has 1 aliphatic heterocycles. The summed E-state index contributed by atoms with van der Waals surface area (Å²) in [6, 6.07) is 2.23. The van der Waals surface area contributed by atoms with Gasteiger partial charge in [-0.15, -0.1) is 0 Å². The molecule has 0 saturated carbocycles. The number of nitrogens with one attached hydrogen (secondary N) is 1. The number of halogens is 2. The number of aryl methyl sites for hydroxylation is 1. The Morgan fingerprint density at radius 2 is 2.24 bits per heavy atom. The average Bonchev–Trinajstić information content (AvgIpc) is 2.84. The Bertz CT molecular complexity index is 629. The smallest absolute Gasteiger partial charge is 0.152 e. The molecule has 4 nitrogen and oxygen atoms in total. The van der Waals surface area contributed by atoms with Crippen LogP contribution in [0.1, 0.15) is 25.7 Å². The van der Waals surface area contributed by atoms with E-state index in [9.17, 15) is 13.9 Å². The maximum atomic E-state index is 13.8. The molecule has 0 unspecified atom stereocenters. The Labute approximate surface area is 121 Å². The minimum atomic E-state index is -0.611. The second-order valence-corrected chi connectivity index (χ2v) is 5.61.